The number of nitrogens with zero attached hydrogens (tertiary/aromatic N) is 2. The number of anilines is 1. The second-order valence-corrected chi connectivity index (χ2v) is 5.04. The van der Waals surface area contributed by atoms with E-state index in [1.165, 1.54) is 18.2 Å². The number of halogens is 2. The predicted molar refractivity (Wildman–Crippen MR) is 82.0 cm³/mol. The maximum Gasteiger partial charge on any atom is 0.252 e. The summed E-state index contributed by atoms with van der Waals surface area (Å²) in [5.74, 6) is -0.0721. The van der Waals surface area contributed by atoms with E-state index in [4.69, 9.17) is 0 Å². The molecule has 0 aliphatic rings. The quantitative estimate of drug-likeness (QED) is 0.610. The minimum atomic E-state index is -0.353. The molecule has 2 rings (SSSR count). The first-order chi connectivity index (χ1) is 9.66. The highest BCUT2D eigenvalue weighted by atomic mass is 127. The van der Waals surface area contributed by atoms with Gasteiger partial charge in [0.05, 0.1) is 5.56 Å². The Balaban J connectivity index is 1.80. The monoisotopic (exact) mass is 386 g/mol. The van der Waals surface area contributed by atoms with E-state index in [1.54, 1.807) is 18.5 Å². The van der Waals surface area contributed by atoms with E-state index in [9.17, 15) is 9.18 Å². The zero-order chi connectivity index (χ0) is 14.4. The number of carbonyl (C=O) groups is 1. The Morgan fingerprint density at radius 2 is 2.00 bits per heavy atom. The third-order valence-corrected chi connectivity index (χ3v) is 3.33. The Hall–Kier alpha value is -1.77. The van der Waals surface area contributed by atoms with E-state index in [2.05, 4.69) is 20.6 Å². The number of amides is 1. The molecule has 1 aromatic carbocycles. The highest BCUT2D eigenvalue weighted by Crippen LogP contribution is 2.13. The van der Waals surface area contributed by atoms with Crippen molar-refractivity contribution in [3.8, 4) is 0 Å². The van der Waals surface area contributed by atoms with E-state index in [0.29, 0.717) is 28.2 Å². The molecule has 20 heavy (non-hydrogen) atoms. The van der Waals surface area contributed by atoms with Crippen LogP contribution in [-0.4, -0.2) is 29.0 Å². The molecule has 0 fully saturated rings. The van der Waals surface area contributed by atoms with Gasteiger partial charge in [0.25, 0.3) is 5.91 Å². The first kappa shape index (κ1) is 14.6. The van der Waals surface area contributed by atoms with Gasteiger partial charge in [-0.05, 0) is 46.9 Å². The lowest BCUT2D eigenvalue weighted by Crippen LogP contribution is -2.29. The average molecular weight is 386 g/mol. The number of nitrogens with one attached hydrogen (secondary N) is 2. The van der Waals surface area contributed by atoms with Crippen LogP contribution >= 0.6 is 22.6 Å². The van der Waals surface area contributed by atoms with Gasteiger partial charge in [-0.2, -0.15) is 0 Å². The lowest BCUT2D eigenvalue weighted by molar-refractivity contribution is 0.0954. The van der Waals surface area contributed by atoms with E-state index < -0.39 is 0 Å². The van der Waals surface area contributed by atoms with Gasteiger partial charge in [-0.15, -0.1) is 0 Å². The van der Waals surface area contributed by atoms with Crippen molar-refractivity contribution in [1.29, 1.82) is 0 Å². The predicted octanol–water partition coefficient (Wildman–Crippen LogP) is 2.06. The van der Waals surface area contributed by atoms with Crippen molar-refractivity contribution in [3.05, 3.63) is 51.6 Å². The maximum atomic E-state index is 12.9. The molecule has 0 atom stereocenters. The van der Waals surface area contributed by atoms with E-state index in [1.807, 2.05) is 22.6 Å². The SMILES string of the molecule is O=C(NCCNc1ncccn1)c1ccc(F)cc1I. The largest absolute Gasteiger partial charge is 0.352 e. The summed E-state index contributed by atoms with van der Waals surface area (Å²) >= 11 is 1.94. The Kier molecular flexibility index (Phi) is 5.22. The Bertz CT molecular complexity index is 594. The van der Waals surface area contributed by atoms with Crippen LogP contribution in [0, 0.1) is 9.39 Å². The summed E-state index contributed by atoms with van der Waals surface area (Å²) in [5.41, 5.74) is 0.461. The summed E-state index contributed by atoms with van der Waals surface area (Å²) in [4.78, 5) is 19.9. The molecule has 0 spiro atoms. The molecule has 0 saturated carbocycles. The fourth-order valence-electron chi connectivity index (χ4n) is 1.51. The Labute approximate surface area is 129 Å². The van der Waals surface area contributed by atoms with Gasteiger partial charge >= 0.3 is 0 Å². The van der Waals surface area contributed by atoms with Crippen LogP contribution in [0.2, 0.25) is 0 Å². The third-order valence-electron chi connectivity index (χ3n) is 2.44. The molecule has 0 unspecified atom stereocenters. The number of rotatable bonds is 5. The topological polar surface area (TPSA) is 66.9 Å². The first-order valence-electron chi connectivity index (χ1n) is 5.91. The van der Waals surface area contributed by atoms with Crippen molar-refractivity contribution in [2.24, 2.45) is 0 Å². The van der Waals surface area contributed by atoms with Crippen LogP contribution in [0.5, 0.6) is 0 Å². The van der Waals surface area contributed by atoms with Gasteiger partial charge in [0.2, 0.25) is 5.95 Å². The molecular weight excluding hydrogens is 374 g/mol. The molecule has 2 aromatic rings. The molecule has 104 valence electrons. The molecule has 2 N–H and O–H groups in total. The lowest BCUT2D eigenvalue weighted by Gasteiger charge is -2.08. The number of hydrogen-bond acceptors (Lipinski definition) is 4. The lowest BCUT2D eigenvalue weighted by atomic mass is 10.2. The van der Waals surface area contributed by atoms with Crippen LogP contribution < -0.4 is 10.6 Å². The summed E-state index contributed by atoms with van der Waals surface area (Å²) in [6.45, 7) is 0.929. The van der Waals surface area contributed by atoms with Gasteiger partial charge in [0.1, 0.15) is 5.82 Å². The second-order valence-electron chi connectivity index (χ2n) is 3.88. The van der Waals surface area contributed by atoms with Crippen LogP contribution in [0.3, 0.4) is 0 Å². The average Bonchev–Trinajstić information content (AvgIpc) is 2.44. The summed E-state index contributed by atoms with van der Waals surface area (Å²) < 4.78 is 13.5. The number of hydrogen-bond donors (Lipinski definition) is 2. The first-order valence-corrected chi connectivity index (χ1v) is 6.99. The molecule has 0 aliphatic heterocycles. The fourth-order valence-corrected chi connectivity index (χ4v) is 2.23. The van der Waals surface area contributed by atoms with Crippen LogP contribution in [0.15, 0.2) is 36.7 Å². The minimum Gasteiger partial charge on any atom is -0.352 e. The smallest absolute Gasteiger partial charge is 0.252 e. The van der Waals surface area contributed by atoms with Crippen molar-refractivity contribution < 1.29 is 9.18 Å². The van der Waals surface area contributed by atoms with Gasteiger partial charge in [-0.1, -0.05) is 0 Å². The molecule has 0 aliphatic carbocycles. The maximum absolute atomic E-state index is 12.9. The fraction of sp³-hybridized carbons (Fsp3) is 0.154. The molecule has 1 aromatic heterocycles. The van der Waals surface area contributed by atoms with E-state index in [0.717, 1.165) is 0 Å². The molecule has 5 nitrogen and oxygen atoms in total. The van der Waals surface area contributed by atoms with E-state index in [-0.39, 0.29) is 11.7 Å². The molecule has 0 bridgehead atoms. The summed E-state index contributed by atoms with van der Waals surface area (Å²) in [5, 5.41) is 5.72. The van der Waals surface area contributed by atoms with Crippen molar-refractivity contribution in [1.82, 2.24) is 15.3 Å². The van der Waals surface area contributed by atoms with Gasteiger partial charge in [0, 0.05) is 29.1 Å². The van der Waals surface area contributed by atoms with Crippen LogP contribution in [0.25, 0.3) is 0 Å². The summed E-state index contributed by atoms with van der Waals surface area (Å²) in [6, 6.07) is 5.79. The normalized spacial score (nSPS) is 10.1. The van der Waals surface area contributed by atoms with Gasteiger partial charge in [0.15, 0.2) is 0 Å². The van der Waals surface area contributed by atoms with Crippen molar-refractivity contribution in [2.45, 2.75) is 0 Å². The zero-order valence-electron chi connectivity index (χ0n) is 10.4. The number of benzene rings is 1. The van der Waals surface area contributed by atoms with Crippen LogP contribution in [-0.2, 0) is 0 Å². The molecule has 1 heterocycles. The Morgan fingerprint density at radius 1 is 1.25 bits per heavy atom. The van der Waals surface area contributed by atoms with Crippen molar-refractivity contribution in [3.63, 3.8) is 0 Å². The van der Waals surface area contributed by atoms with Gasteiger partial charge in [-0.3, -0.25) is 4.79 Å². The number of carbonyl (C=O) groups excluding carboxylic acids is 1. The van der Waals surface area contributed by atoms with Gasteiger partial charge < -0.3 is 10.6 Å². The van der Waals surface area contributed by atoms with E-state index >= 15 is 0 Å². The molecule has 0 saturated heterocycles. The standard InChI is InChI=1S/C13H12FIN4O/c14-9-2-3-10(11(15)8-9)12(20)16-6-7-19-13-17-4-1-5-18-13/h1-5,8H,6-7H2,(H,16,20)(H,17,18,19). The van der Waals surface area contributed by atoms with Crippen molar-refractivity contribution >= 4 is 34.4 Å². The minimum absolute atomic E-state index is 0.231. The third kappa shape index (κ3) is 4.12. The highest BCUT2D eigenvalue weighted by Gasteiger charge is 2.09. The molecule has 0 radical (unpaired) electrons. The zero-order valence-corrected chi connectivity index (χ0v) is 12.6. The summed E-state index contributed by atoms with van der Waals surface area (Å²) in [7, 11) is 0. The van der Waals surface area contributed by atoms with Crippen LogP contribution in [0.4, 0.5) is 10.3 Å². The highest BCUT2D eigenvalue weighted by molar-refractivity contribution is 14.1. The van der Waals surface area contributed by atoms with Crippen molar-refractivity contribution in [2.75, 3.05) is 18.4 Å². The Morgan fingerprint density at radius 3 is 2.70 bits per heavy atom. The molecule has 1 amide bonds. The summed E-state index contributed by atoms with van der Waals surface area (Å²) in [6.07, 6.45) is 3.27. The van der Waals surface area contributed by atoms with Crippen LogP contribution in [0.1, 0.15) is 10.4 Å². The van der Waals surface area contributed by atoms with Gasteiger partial charge in [-0.25, -0.2) is 14.4 Å². The molecule has 7 heteroatoms. The second kappa shape index (κ2) is 7.13. The number of aromatic nitrogens is 2. The molecular formula is C13H12FIN4O.